The molecule has 6 atom stereocenters. The largest absolute Gasteiger partial charge is 0.418 e. The standard InChI is InChI=1S/C38H73N3OSi/c1-25(2)30-17-13-18-31(26(3)4)37(30)39-29(9)34-21-15-22-35(40-34)36(23-16-24-42-43(10,11)12)41-38-32(27(5)6)19-14-20-33(38)28(7)8/h25-28,30-35,37-38,40H,13-24H2,1-12H3. The summed E-state index contributed by atoms with van der Waals surface area (Å²) in [6.07, 6.45) is 13.9. The molecule has 2 aliphatic carbocycles. The summed E-state index contributed by atoms with van der Waals surface area (Å²) in [4.78, 5) is 11.5. The van der Waals surface area contributed by atoms with Gasteiger partial charge in [0.15, 0.2) is 8.32 Å². The van der Waals surface area contributed by atoms with Crippen molar-refractivity contribution < 1.29 is 4.43 Å². The van der Waals surface area contributed by atoms with Gasteiger partial charge in [0.05, 0.1) is 12.1 Å². The average Bonchev–Trinajstić information content (AvgIpc) is 2.93. The molecule has 3 rings (SSSR count). The highest BCUT2D eigenvalue weighted by molar-refractivity contribution is 6.69. The molecule has 0 radical (unpaired) electrons. The number of hydrogen-bond acceptors (Lipinski definition) is 4. The molecule has 6 unspecified atom stereocenters. The van der Waals surface area contributed by atoms with Crippen molar-refractivity contribution in [2.75, 3.05) is 6.61 Å². The van der Waals surface area contributed by atoms with Gasteiger partial charge < -0.3 is 9.74 Å². The topological polar surface area (TPSA) is 46.0 Å². The molecular weight excluding hydrogens is 543 g/mol. The fourth-order valence-electron chi connectivity index (χ4n) is 8.80. The van der Waals surface area contributed by atoms with E-state index in [1.54, 1.807) is 0 Å². The lowest BCUT2D eigenvalue weighted by atomic mass is 9.68. The number of piperidine rings is 1. The van der Waals surface area contributed by atoms with Crippen LogP contribution < -0.4 is 5.32 Å². The summed E-state index contributed by atoms with van der Waals surface area (Å²) < 4.78 is 6.32. The monoisotopic (exact) mass is 616 g/mol. The third-order valence-corrected chi connectivity index (χ3v) is 12.5. The van der Waals surface area contributed by atoms with Gasteiger partial charge in [0.25, 0.3) is 0 Å². The quantitative estimate of drug-likeness (QED) is 0.127. The van der Waals surface area contributed by atoms with Crippen LogP contribution >= 0.6 is 0 Å². The van der Waals surface area contributed by atoms with Gasteiger partial charge in [-0.1, -0.05) is 68.2 Å². The minimum atomic E-state index is -1.51. The molecule has 0 amide bonds. The Labute approximate surface area is 269 Å². The van der Waals surface area contributed by atoms with Gasteiger partial charge in [0.1, 0.15) is 0 Å². The Morgan fingerprint density at radius 3 is 1.51 bits per heavy atom. The zero-order valence-electron chi connectivity index (χ0n) is 30.7. The average molecular weight is 616 g/mol. The molecule has 1 aliphatic heterocycles. The van der Waals surface area contributed by atoms with E-state index in [1.807, 2.05) is 0 Å². The summed E-state index contributed by atoms with van der Waals surface area (Å²) in [5.41, 5.74) is 2.80. The van der Waals surface area contributed by atoms with Crippen LogP contribution in [-0.4, -0.2) is 50.5 Å². The van der Waals surface area contributed by atoms with Gasteiger partial charge in [0.2, 0.25) is 0 Å². The van der Waals surface area contributed by atoms with E-state index in [0.29, 0.717) is 71.5 Å². The summed E-state index contributed by atoms with van der Waals surface area (Å²) in [6.45, 7) is 29.6. The fraction of sp³-hybridized carbons (Fsp3) is 0.947. The normalized spacial score (nSPS) is 33.7. The summed E-state index contributed by atoms with van der Waals surface area (Å²) in [5, 5.41) is 4.17. The van der Waals surface area contributed by atoms with E-state index in [9.17, 15) is 0 Å². The minimum absolute atomic E-state index is 0.367. The molecule has 1 heterocycles. The molecular formula is C38H73N3OSi. The molecule has 0 aromatic carbocycles. The predicted octanol–water partition coefficient (Wildman–Crippen LogP) is 10.2. The smallest absolute Gasteiger partial charge is 0.183 e. The first kappa shape index (κ1) is 36.9. The second kappa shape index (κ2) is 16.9. The van der Waals surface area contributed by atoms with Gasteiger partial charge in [-0.3, -0.25) is 9.98 Å². The molecule has 43 heavy (non-hydrogen) atoms. The second-order valence-corrected chi connectivity index (χ2v) is 21.6. The van der Waals surface area contributed by atoms with Crippen LogP contribution in [0.3, 0.4) is 0 Å². The third kappa shape index (κ3) is 10.8. The summed E-state index contributed by atoms with van der Waals surface area (Å²) >= 11 is 0. The number of nitrogens with zero attached hydrogens (tertiary/aromatic N) is 2. The molecule has 0 aromatic heterocycles. The molecule has 5 heteroatoms. The molecule has 250 valence electrons. The molecule has 0 aromatic rings. The van der Waals surface area contributed by atoms with E-state index in [1.165, 1.54) is 69.2 Å². The van der Waals surface area contributed by atoms with Crippen LogP contribution in [-0.2, 0) is 4.43 Å². The first-order valence-corrected chi connectivity index (χ1v) is 22.1. The minimum Gasteiger partial charge on any atom is -0.418 e. The van der Waals surface area contributed by atoms with Crippen molar-refractivity contribution in [3.63, 3.8) is 0 Å². The van der Waals surface area contributed by atoms with Crippen molar-refractivity contribution in [1.29, 1.82) is 0 Å². The summed E-state index contributed by atoms with van der Waals surface area (Å²) in [5.74, 6) is 5.60. The predicted molar refractivity (Wildman–Crippen MR) is 192 cm³/mol. The second-order valence-electron chi connectivity index (χ2n) is 17.1. The van der Waals surface area contributed by atoms with Crippen molar-refractivity contribution in [2.45, 2.75) is 177 Å². The van der Waals surface area contributed by atoms with Gasteiger partial charge in [-0.05, 0) is 132 Å². The molecule has 4 nitrogen and oxygen atoms in total. The van der Waals surface area contributed by atoms with Crippen molar-refractivity contribution in [1.82, 2.24) is 5.32 Å². The van der Waals surface area contributed by atoms with Gasteiger partial charge in [-0.15, -0.1) is 0 Å². The number of rotatable bonds is 13. The Bertz CT molecular complexity index is 856. The third-order valence-electron chi connectivity index (χ3n) is 11.4. The Balaban J connectivity index is 1.88. The maximum absolute atomic E-state index is 6.32. The van der Waals surface area contributed by atoms with Crippen LogP contribution in [0.1, 0.15) is 133 Å². The van der Waals surface area contributed by atoms with Crippen LogP contribution in [0.2, 0.25) is 19.6 Å². The van der Waals surface area contributed by atoms with E-state index in [0.717, 1.165) is 19.4 Å². The molecule has 3 fully saturated rings. The molecule has 2 saturated carbocycles. The zero-order chi connectivity index (χ0) is 31.9. The van der Waals surface area contributed by atoms with E-state index < -0.39 is 8.32 Å². The van der Waals surface area contributed by atoms with Crippen molar-refractivity contribution in [3.8, 4) is 0 Å². The number of nitrogens with one attached hydrogen (secondary N) is 1. The lowest BCUT2D eigenvalue weighted by molar-refractivity contribution is 0.142. The van der Waals surface area contributed by atoms with E-state index in [2.05, 4.69) is 87.3 Å². The Hall–Kier alpha value is -0.523. The van der Waals surface area contributed by atoms with Crippen molar-refractivity contribution >= 4 is 19.7 Å². The maximum atomic E-state index is 6.32. The first-order valence-electron chi connectivity index (χ1n) is 18.7. The number of hydrogen-bond donors (Lipinski definition) is 1. The molecule has 1 saturated heterocycles. The first-order chi connectivity index (χ1) is 20.2. The molecule has 0 spiro atoms. The lowest BCUT2D eigenvalue weighted by Crippen LogP contribution is -2.51. The molecule has 1 N–H and O–H groups in total. The van der Waals surface area contributed by atoms with Crippen LogP contribution in [0, 0.1) is 47.3 Å². The molecule has 3 aliphatic rings. The van der Waals surface area contributed by atoms with Gasteiger partial charge in [-0.2, -0.15) is 0 Å². The van der Waals surface area contributed by atoms with Crippen LogP contribution in [0.15, 0.2) is 9.98 Å². The number of aliphatic imine (C=N–C) groups is 2. The van der Waals surface area contributed by atoms with Crippen LogP contribution in [0.5, 0.6) is 0 Å². The lowest BCUT2D eigenvalue weighted by Gasteiger charge is -2.42. The van der Waals surface area contributed by atoms with Gasteiger partial charge in [-0.25, -0.2) is 0 Å². The Morgan fingerprint density at radius 1 is 0.651 bits per heavy atom. The summed E-state index contributed by atoms with van der Waals surface area (Å²) in [6, 6.07) is 1.67. The highest BCUT2D eigenvalue weighted by Crippen LogP contribution is 2.41. The summed E-state index contributed by atoms with van der Waals surface area (Å²) in [7, 11) is -1.51. The van der Waals surface area contributed by atoms with Gasteiger partial charge >= 0.3 is 0 Å². The molecule has 0 bridgehead atoms. The zero-order valence-corrected chi connectivity index (χ0v) is 31.7. The van der Waals surface area contributed by atoms with E-state index >= 15 is 0 Å². The highest BCUT2D eigenvalue weighted by atomic mass is 28.4. The van der Waals surface area contributed by atoms with Crippen molar-refractivity contribution in [2.24, 2.45) is 57.3 Å². The van der Waals surface area contributed by atoms with Crippen LogP contribution in [0.25, 0.3) is 0 Å². The fourth-order valence-corrected chi connectivity index (χ4v) is 9.55. The van der Waals surface area contributed by atoms with E-state index in [-0.39, 0.29) is 0 Å². The SMILES string of the molecule is CC(=NC1C(C(C)C)CCCC1C(C)C)C1CCCC(C(CCCO[Si](C)(C)C)=NC2C(C(C)C)CCCC2C(C)C)N1. The Morgan fingerprint density at radius 2 is 1.07 bits per heavy atom. The Kier molecular flexibility index (Phi) is 14.5. The maximum Gasteiger partial charge on any atom is 0.183 e. The van der Waals surface area contributed by atoms with Crippen LogP contribution in [0.4, 0.5) is 0 Å². The van der Waals surface area contributed by atoms with Gasteiger partial charge in [0, 0.05) is 30.1 Å². The highest BCUT2D eigenvalue weighted by Gasteiger charge is 2.39. The van der Waals surface area contributed by atoms with E-state index in [4.69, 9.17) is 14.4 Å². The van der Waals surface area contributed by atoms with Crippen molar-refractivity contribution in [3.05, 3.63) is 0 Å².